The molecule has 9 nitrogen and oxygen atoms in total. The number of hydrogen-bond acceptors (Lipinski definition) is 7. The van der Waals surface area contributed by atoms with Crippen molar-refractivity contribution in [3.63, 3.8) is 0 Å². The minimum absolute atomic E-state index is 0.198. The number of ether oxygens (including phenoxy) is 1. The van der Waals surface area contributed by atoms with Gasteiger partial charge in [-0.25, -0.2) is 19.3 Å². The van der Waals surface area contributed by atoms with Crippen molar-refractivity contribution in [1.29, 1.82) is 5.26 Å². The molecule has 1 aromatic carbocycles. The highest BCUT2D eigenvalue weighted by Gasteiger charge is 2.18. The van der Waals surface area contributed by atoms with Gasteiger partial charge in [-0.1, -0.05) is 6.07 Å². The summed E-state index contributed by atoms with van der Waals surface area (Å²) in [5.74, 6) is 0.492. The number of pyridine rings is 1. The number of anilines is 3. The van der Waals surface area contributed by atoms with Gasteiger partial charge in [0.1, 0.15) is 23.7 Å². The topological polar surface area (TPSA) is 117 Å². The fourth-order valence-corrected chi connectivity index (χ4v) is 3.09. The normalized spacial score (nSPS) is 16.8. The first-order chi connectivity index (χ1) is 13.6. The third-order valence-corrected chi connectivity index (χ3v) is 4.47. The molecule has 0 saturated carbocycles. The van der Waals surface area contributed by atoms with Gasteiger partial charge >= 0.3 is 6.03 Å². The van der Waals surface area contributed by atoms with Crippen LogP contribution in [0.5, 0.6) is 0 Å². The van der Waals surface area contributed by atoms with Crippen LogP contribution in [-0.2, 0) is 11.3 Å². The largest absolute Gasteiger partial charge is 0.386 e. The minimum atomic E-state index is -0.335. The molecule has 3 heterocycles. The number of nitrogens with one attached hydrogen (secondary N) is 3. The summed E-state index contributed by atoms with van der Waals surface area (Å²) in [6, 6.07) is 8.91. The molecule has 0 aliphatic carbocycles. The van der Waals surface area contributed by atoms with Crippen LogP contribution >= 0.6 is 0 Å². The number of nitriles is 1. The molecule has 0 spiro atoms. The third kappa shape index (κ3) is 3.21. The van der Waals surface area contributed by atoms with E-state index in [0.717, 1.165) is 11.3 Å². The molecule has 2 aromatic heterocycles. The lowest BCUT2D eigenvalue weighted by molar-refractivity contribution is 0.104. The van der Waals surface area contributed by atoms with E-state index in [-0.39, 0.29) is 12.1 Å². The van der Waals surface area contributed by atoms with Crippen LogP contribution in [0, 0.1) is 11.3 Å². The van der Waals surface area contributed by atoms with Crippen molar-refractivity contribution >= 4 is 34.4 Å². The molecule has 0 saturated heterocycles. The van der Waals surface area contributed by atoms with Crippen LogP contribution in [0.4, 0.5) is 22.0 Å². The average Bonchev–Trinajstić information content (AvgIpc) is 3.11. The molecule has 4 rings (SSSR count). The number of amides is 1. The number of imidazole rings is 1. The number of aromatic nitrogens is 3. The van der Waals surface area contributed by atoms with E-state index in [2.05, 4.69) is 32.0 Å². The summed E-state index contributed by atoms with van der Waals surface area (Å²) < 4.78 is 7.08. The van der Waals surface area contributed by atoms with Crippen LogP contribution in [0.3, 0.4) is 0 Å². The van der Waals surface area contributed by atoms with Gasteiger partial charge in [0.05, 0.1) is 36.2 Å². The van der Waals surface area contributed by atoms with Crippen LogP contribution in [-0.4, -0.2) is 40.3 Å². The monoisotopic (exact) mass is 377 g/mol. The van der Waals surface area contributed by atoms with Gasteiger partial charge in [0.2, 0.25) is 0 Å². The average molecular weight is 377 g/mol. The first kappa shape index (κ1) is 17.8. The molecule has 0 radical (unpaired) electrons. The van der Waals surface area contributed by atoms with Gasteiger partial charge in [-0.2, -0.15) is 5.26 Å². The summed E-state index contributed by atoms with van der Waals surface area (Å²) in [7, 11) is 1.77. The highest BCUT2D eigenvalue weighted by molar-refractivity contribution is 5.94. The van der Waals surface area contributed by atoms with Gasteiger partial charge < -0.3 is 20.7 Å². The number of benzene rings is 1. The van der Waals surface area contributed by atoms with Gasteiger partial charge in [0.25, 0.3) is 0 Å². The molecule has 1 atom stereocenters. The van der Waals surface area contributed by atoms with Crippen molar-refractivity contribution in [3.8, 4) is 6.07 Å². The second-order valence-corrected chi connectivity index (χ2v) is 6.57. The van der Waals surface area contributed by atoms with E-state index in [1.54, 1.807) is 19.2 Å². The van der Waals surface area contributed by atoms with Crippen molar-refractivity contribution in [1.82, 2.24) is 19.9 Å². The smallest absolute Gasteiger partial charge is 0.328 e. The van der Waals surface area contributed by atoms with E-state index in [4.69, 9.17) is 4.74 Å². The standard InChI is InChI=1S/C19H19N7O2/c1-11-8-28-9-12-3-4-13(7-20)14(5-12)24-16-6-15(21-2)17-18(25-16)26(10-22-17)19(27)23-11/h3-6,10-11H,8-9H2,1-2H3,(H,23,27)(H2,21,24,25)/t11-/m1/s1. The Labute approximate surface area is 161 Å². The fourth-order valence-electron chi connectivity index (χ4n) is 3.09. The first-order valence-corrected chi connectivity index (χ1v) is 8.83. The SMILES string of the molecule is CNc1cc2nc3c1ncn3C(=O)N[C@H](C)COCc1ccc(C#N)c(c1)N2. The second kappa shape index (κ2) is 7.17. The predicted octanol–water partition coefficient (Wildman–Crippen LogP) is 2.56. The number of hydrogen-bond donors (Lipinski definition) is 3. The molecule has 1 aliphatic rings. The molecule has 0 unspecified atom stereocenters. The molecule has 28 heavy (non-hydrogen) atoms. The number of carbonyl (C=O) groups excluding carboxylic acids is 1. The first-order valence-electron chi connectivity index (χ1n) is 8.83. The maximum atomic E-state index is 12.7. The Morgan fingerprint density at radius 2 is 2.25 bits per heavy atom. The van der Waals surface area contributed by atoms with Gasteiger partial charge in [0, 0.05) is 13.1 Å². The summed E-state index contributed by atoms with van der Waals surface area (Å²) in [4.78, 5) is 21.6. The fraction of sp³-hybridized carbons (Fsp3) is 0.263. The molecule has 142 valence electrons. The Hall–Kier alpha value is -3.64. The zero-order valence-corrected chi connectivity index (χ0v) is 15.5. The highest BCUT2D eigenvalue weighted by Crippen LogP contribution is 2.28. The van der Waals surface area contributed by atoms with E-state index in [1.807, 2.05) is 19.1 Å². The summed E-state index contributed by atoms with van der Waals surface area (Å²) in [5.41, 5.74) is 3.73. The molecule has 4 bridgehead atoms. The van der Waals surface area contributed by atoms with Gasteiger partial charge in [-0.05, 0) is 24.6 Å². The lowest BCUT2D eigenvalue weighted by atomic mass is 10.1. The van der Waals surface area contributed by atoms with Crippen molar-refractivity contribution in [2.24, 2.45) is 0 Å². The summed E-state index contributed by atoms with van der Waals surface area (Å²) in [5, 5.41) is 18.6. The number of carbonyl (C=O) groups is 1. The molecule has 3 aromatic rings. The van der Waals surface area contributed by atoms with Crippen molar-refractivity contribution in [2.45, 2.75) is 19.6 Å². The van der Waals surface area contributed by atoms with Crippen molar-refractivity contribution in [3.05, 3.63) is 41.7 Å². The Morgan fingerprint density at radius 3 is 3.04 bits per heavy atom. The quantitative estimate of drug-likeness (QED) is 0.597. The summed E-state index contributed by atoms with van der Waals surface area (Å²) in [6.07, 6.45) is 1.44. The van der Waals surface area contributed by atoms with E-state index >= 15 is 0 Å². The molecule has 1 amide bonds. The molecular weight excluding hydrogens is 358 g/mol. The van der Waals surface area contributed by atoms with Gasteiger partial charge in [-0.3, -0.25) is 0 Å². The number of nitrogens with zero attached hydrogens (tertiary/aromatic N) is 4. The molecule has 1 aliphatic heterocycles. The van der Waals surface area contributed by atoms with E-state index < -0.39 is 0 Å². The molecule has 0 fully saturated rings. The highest BCUT2D eigenvalue weighted by atomic mass is 16.5. The summed E-state index contributed by atoms with van der Waals surface area (Å²) in [6.45, 7) is 2.58. The predicted molar refractivity (Wildman–Crippen MR) is 105 cm³/mol. The Bertz CT molecular complexity index is 1100. The lowest BCUT2D eigenvalue weighted by Crippen LogP contribution is -2.38. The van der Waals surface area contributed by atoms with Crippen molar-refractivity contribution < 1.29 is 9.53 Å². The molecular formula is C19H19N7O2. The Kier molecular flexibility index (Phi) is 4.55. The van der Waals surface area contributed by atoms with Crippen molar-refractivity contribution in [2.75, 3.05) is 24.3 Å². The third-order valence-electron chi connectivity index (χ3n) is 4.47. The van der Waals surface area contributed by atoms with Gasteiger partial charge in [0.15, 0.2) is 5.65 Å². The maximum Gasteiger partial charge on any atom is 0.328 e. The lowest BCUT2D eigenvalue weighted by Gasteiger charge is -2.17. The van der Waals surface area contributed by atoms with E-state index in [9.17, 15) is 10.1 Å². The number of fused-ring (bicyclic) bond motifs is 3. The van der Waals surface area contributed by atoms with E-state index in [1.165, 1.54) is 10.9 Å². The summed E-state index contributed by atoms with van der Waals surface area (Å²) >= 11 is 0. The second-order valence-electron chi connectivity index (χ2n) is 6.57. The molecule has 3 N–H and O–H groups in total. The zero-order valence-electron chi connectivity index (χ0n) is 15.5. The van der Waals surface area contributed by atoms with Crippen LogP contribution in [0.15, 0.2) is 30.6 Å². The van der Waals surface area contributed by atoms with Crippen LogP contribution in [0.1, 0.15) is 18.1 Å². The Morgan fingerprint density at radius 1 is 1.39 bits per heavy atom. The maximum absolute atomic E-state index is 12.7. The van der Waals surface area contributed by atoms with Crippen LogP contribution < -0.4 is 16.0 Å². The van der Waals surface area contributed by atoms with Gasteiger partial charge in [-0.15, -0.1) is 0 Å². The van der Waals surface area contributed by atoms with Crippen LogP contribution in [0.25, 0.3) is 11.2 Å². The van der Waals surface area contributed by atoms with Crippen LogP contribution in [0.2, 0.25) is 0 Å². The Balaban J connectivity index is 1.89. The molecule has 9 heteroatoms. The zero-order chi connectivity index (χ0) is 19.7. The number of rotatable bonds is 1. The van der Waals surface area contributed by atoms with E-state index in [0.29, 0.717) is 41.4 Å². The minimum Gasteiger partial charge on any atom is -0.386 e.